The molecule has 29 heavy (non-hydrogen) atoms. The van der Waals surface area contributed by atoms with Crippen LogP contribution in [0.1, 0.15) is 40.5 Å². The van der Waals surface area contributed by atoms with Gasteiger partial charge in [-0.25, -0.2) is 27.1 Å². The minimum absolute atomic E-state index is 0.106. The summed E-state index contributed by atoms with van der Waals surface area (Å²) in [6.45, 7) is 2.68. The fourth-order valence-electron chi connectivity index (χ4n) is 3.28. The maximum absolute atomic E-state index is 13.3. The summed E-state index contributed by atoms with van der Waals surface area (Å²) >= 11 is 0. The van der Waals surface area contributed by atoms with E-state index in [-0.39, 0.29) is 11.3 Å². The van der Waals surface area contributed by atoms with Gasteiger partial charge >= 0.3 is 0 Å². The Balaban J connectivity index is 1.51. The van der Waals surface area contributed by atoms with Gasteiger partial charge in [-0.3, -0.25) is 9.69 Å². The normalized spacial score (nSPS) is 15.7. The average Bonchev–Trinajstić information content (AvgIpc) is 3.36. The van der Waals surface area contributed by atoms with Crippen LogP contribution in [0.25, 0.3) is 5.65 Å². The summed E-state index contributed by atoms with van der Waals surface area (Å²) in [6, 6.07) is 5.45. The number of carbonyl (C=O) groups is 1. The first-order valence-corrected chi connectivity index (χ1v) is 8.93. The van der Waals surface area contributed by atoms with Gasteiger partial charge in [-0.2, -0.15) is 5.10 Å². The van der Waals surface area contributed by atoms with E-state index in [0.717, 1.165) is 16.3 Å². The van der Waals surface area contributed by atoms with Gasteiger partial charge in [0.15, 0.2) is 11.3 Å². The summed E-state index contributed by atoms with van der Waals surface area (Å²) in [5, 5.41) is 3.90. The van der Waals surface area contributed by atoms with Gasteiger partial charge in [-0.15, -0.1) is 0 Å². The van der Waals surface area contributed by atoms with Crippen molar-refractivity contribution in [3.8, 4) is 0 Å². The second-order valence-electron chi connectivity index (χ2n) is 6.65. The molecule has 1 aliphatic heterocycles. The van der Waals surface area contributed by atoms with Gasteiger partial charge in [0, 0.05) is 32.2 Å². The number of rotatable bonds is 5. The molecule has 0 N–H and O–H groups in total. The lowest BCUT2D eigenvalue weighted by Gasteiger charge is -2.33. The number of nitrogens with zero attached hydrogens (tertiary/aromatic N) is 5. The summed E-state index contributed by atoms with van der Waals surface area (Å²) in [5.74, 6) is 0.373. The van der Waals surface area contributed by atoms with E-state index in [4.69, 9.17) is 4.42 Å². The first-order valence-electron chi connectivity index (χ1n) is 8.93. The third kappa shape index (κ3) is 3.95. The lowest BCUT2D eigenvalue weighted by Crippen LogP contribution is -2.48. The topological polar surface area (TPSA) is 66.9 Å². The quantitative estimate of drug-likeness (QED) is 0.604. The monoisotopic (exact) mass is 411 g/mol. The number of hydrogen-bond donors (Lipinski definition) is 0. The maximum Gasteiger partial charge on any atom is 0.280 e. The molecule has 3 aromatic heterocycles. The van der Waals surface area contributed by atoms with Crippen molar-refractivity contribution in [3.63, 3.8) is 0 Å². The minimum Gasteiger partial charge on any atom is -0.468 e. The zero-order valence-electron chi connectivity index (χ0n) is 15.1. The van der Waals surface area contributed by atoms with Crippen LogP contribution in [0.3, 0.4) is 0 Å². The van der Waals surface area contributed by atoms with Gasteiger partial charge in [-0.05, 0) is 18.2 Å². The first kappa shape index (κ1) is 19.4. The molecule has 3 aromatic rings. The van der Waals surface area contributed by atoms with Crippen molar-refractivity contribution in [3.05, 3.63) is 53.4 Å². The molecule has 0 saturated carbocycles. The summed E-state index contributed by atoms with van der Waals surface area (Å²) in [7, 11) is 0. The van der Waals surface area contributed by atoms with Crippen LogP contribution in [-0.2, 0) is 6.54 Å². The third-order valence-corrected chi connectivity index (χ3v) is 4.76. The van der Waals surface area contributed by atoms with Gasteiger partial charge in [0.25, 0.3) is 18.8 Å². The molecule has 0 bridgehead atoms. The number of piperazine rings is 1. The zero-order chi connectivity index (χ0) is 20.5. The van der Waals surface area contributed by atoms with Crippen molar-refractivity contribution in [1.82, 2.24) is 24.4 Å². The number of alkyl halides is 4. The molecule has 4 heterocycles. The van der Waals surface area contributed by atoms with E-state index < -0.39 is 30.1 Å². The van der Waals surface area contributed by atoms with Crippen molar-refractivity contribution in [2.75, 3.05) is 26.2 Å². The zero-order valence-corrected chi connectivity index (χ0v) is 15.1. The van der Waals surface area contributed by atoms with Crippen LogP contribution >= 0.6 is 0 Å². The summed E-state index contributed by atoms with van der Waals surface area (Å²) < 4.78 is 58.5. The van der Waals surface area contributed by atoms with E-state index in [1.165, 1.54) is 0 Å². The number of aromatic nitrogens is 3. The van der Waals surface area contributed by atoms with E-state index in [9.17, 15) is 22.4 Å². The van der Waals surface area contributed by atoms with E-state index in [0.29, 0.717) is 38.8 Å². The highest BCUT2D eigenvalue weighted by molar-refractivity contribution is 5.93. The molecule has 154 valence electrons. The molecule has 11 heteroatoms. The van der Waals surface area contributed by atoms with E-state index in [1.807, 2.05) is 6.07 Å². The maximum atomic E-state index is 13.3. The predicted octanol–water partition coefficient (Wildman–Crippen LogP) is 3.16. The molecule has 0 radical (unpaired) electrons. The first-order chi connectivity index (χ1) is 13.9. The lowest BCUT2D eigenvalue weighted by atomic mass is 10.2. The molecule has 0 aliphatic carbocycles. The number of fused-ring (bicyclic) bond motifs is 1. The van der Waals surface area contributed by atoms with E-state index >= 15 is 0 Å². The molecule has 0 atom stereocenters. The Kier molecular flexibility index (Phi) is 5.22. The Morgan fingerprint density at radius 3 is 2.48 bits per heavy atom. The molecule has 1 amide bonds. The molecule has 0 spiro atoms. The second kappa shape index (κ2) is 7.82. The van der Waals surface area contributed by atoms with Crippen molar-refractivity contribution >= 4 is 11.6 Å². The van der Waals surface area contributed by atoms with Crippen molar-refractivity contribution in [2.24, 2.45) is 0 Å². The highest BCUT2D eigenvalue weighted by atomic mass is 19.3. The van der Waals surface area contributed by atoms with Crippen LogP contribution in [-0.4, -0.2) is 56.5 Å². The molecule has 0 unspecified atom stereocenters. The minimum atomic E-state index is -3.04. The molecular formula is C18H17F4N5O2. The van der Waals surface area contributed by atoms with Gasteiger partial charge in [0.2, 0.25) is 0 Å². The largest absolute Gasteiger partial charge is 0.468 e. The highest BCUT2D eigenvalue weighted by Crippen LogP contribution is 2.25. The van der Waals surface area contributed by atoms with Gasteiger partial charge < -0.3 is 9.32 Å². The smallest absolute Gasteiger partial charge is 0.280 e. The fraction of sp³-hybridized carbons (Fsp3) is 0.389. The average molecular weight is 411 g/mol. The van der Waals surface area contributed by atoms with Gasteiger partial charge in [-0.1, -0.05) is 0 Å². The Labute approximate surface area is 162 Å². The van der Waals surface area contributed by atoms with Gasteiger partial charge in [0.05, 0.1) is 12.8 Å². The number of halogens is 4. The number of amides is 1. The Morgan fingerprint density at radius 1 is 1.10 bits per heavy atom. The SMILES string of the molecule is O=C(c1cc2nc(C(F)F)cc(C(F)F)n2n1)N1CCN(Cc2ccco2)CC1. The Bertz CT molecular complexity index is 997. The number of furan rings is 1. The second-order valence-corrected chi connectivity index (χ2v) is 6.65. The van der Waals surface area contributed by atoms with Crippen LogP contribution in [0.4, 0.5) is 17.6 Å². The third-order valence-electron chi connectivity index (χ3n) is 4.76. The summed E-state index contributed by atoms with van der Waals surface area (Å²) in [6.07, 6.45) is -4.44. The number of hydrogen-bond acceptors (Lipinski definition) is 5. The fourth-order valence-corrected chi connectivity index (χ4v) is 3.28. The van der Waals surface area contributed by atoms with E-state index in [1.54, 1.807) is 17.2 Å². The molecule has 1 aliphatic rings. The van der Waals surface area contributed by atoms with Crippen molar-refractivity contribution in [1.29, 1.82) is 0 Å². The van der Waals surface area contributed by atoms with Crippen LogP contribution in [0, 0.1) is 0 Å². The Hall–Kier alpha value is -2.95. The van der Waals surface area contributed by atoms with E-state index in [2.05, 4.69) is 15.0 Å². The molecule has 1 saturated heterocycles. The number of carbonyl (C=O) groups excluding carboxylic acids is 1. The predicted molar refractivity (Wildman–Crippen MR) is 92.8 cm³/mol. The van der Waals surface area contributed by atoms with Crippen LogP contribution < -0.4 is 0 Å². The summed E-state index contributed by atoms with van der Waals surface area (Å²) in [5.41, 5.74) is -1.82. The highest BCUT2D eigenvalue weighted by Gasteiger charge is 2.26. The van der Waals surface area contributed by atoms with Crippen LogP contribution in [0.5, 0.6) is 0 Å². The molecule has 1 fully saturated rings. The standard InChI is InChI=1S/C18H17F4N5O2/c19-16(20)12-8-14(17(21)22)27-15(23-12)9-13(24-27)18(28)26-5-3-25(4-6-26)10-11-2-1-7-29-11/h1-2,7-9,16-17H,3-6,10H2. The lowest BCUT2D eigenvalue weighted by molar-refractivity contribution is 0.0613. The van der Waals surface area contributed by atoms with Gasteiger partial charge in [0.1, 0.15) is 17.1 Å². The summed E-state index contributed by atoms with van der Waals surface area (Å²) in [4.78, 5) is 20.1. The van der Waals surface area contributed by atoms with Crippen molar-refractivity contribution < 1.29 is 26.8 Å². The molecule has 0 aromatic carbocycles. The molecule has 7 nitrogen and oxygen atoms in total. The van der Waals surface area contributed by atoms with Crippen LogP contribution in [0.15, 0.2) is 34.9 Å². The van der Waals surface area contributed by atoms with Crippen molar-refractivity contribution in [2.45, 2.75) is 19.4 Å². The Morgan fingerprint density at radius 2 is 1.86 bits per heavy atom. The van der Waals surface area contributed by atoms with Crippen LogP contribution in [0.2, 0.25) is 0 Å². The molecular weight excluding hydrogens is 394 g/mol. The molecule has 4 rings (SSSR count).